The number of carbonyl (C=O) groups is 10. The summed E-state index contributed by atoms with van der Waals surface area (Å²) in [7, 11) is 0. The number of aliphatic hydroxyl groups is 2. The molecule has 0 aliphatic heterocycles. The fourth-order valence-corrected chi connectivity index (χ4v) is 7.67. The number of imidazole rings is 1. The van der Waals surface area contributed by atoms with E-state index in [-0.39, 0.29) is 37.4 Å². The van der Waals surface area contributed by atoms with Gasteiger partial charge in [0.15, 0.2) is 0 Å². The summed E-state index contributed by atoms with van der Waals surface area (Å²) in [4.78, 5) is 140. The van der Waals surface area contributed by atoms with Gasteiger partial charge in [-0.2, -0.15) is 0 Å². The Hall–Kier alpha value is -7.97. The molecule has 2 aromatic carbocycles. The Bertz CT molecular complexity index is 2470. The number of carboxylic acid groups (broad SMARTS) is 2. The summed E-state index contributed by atoms with van der Waals surface area (Å²) >= 11 is 0. The zero-order valence-electron chi connectivity index (χ0n) is 43.9. The summed E-state index contributed by atoms with van der Waals surface area (Å²) in [5.74, 6) is -11.4. The molecule has 26 heteroatoms. The molecule has 0 aliphatic rings. The number of amides is 8. The highest BCUT2D eigenvalue weighted by Gasteiger charge is 2.37. The Morgan fingerprint density at radius 2 is 1.01 bits per heavy atom. The number of rotatable bonds is 31. The predicted molar refractivity (Wildman–Crippen MR) is 276 cm³/mol. The average Bonchev–Trinajstić information content (AvgIpc) is 3.87. The number of H-pyrrole nitrogens is 1. The van der Waals surface area contributed by atoms with Crippen molar-refractivity contribution in [3.05, 3.63) is 83.9 Å². The van der Waals surface area contributed by atoms with E-state index in [0.29, 0.717) is 16.8 Å². The summed E-state index contributed by atoms with van der Waals surface area (Å²) in [6.45, 7) is 10.3. The Morgan fingerprint density at radius 3 is 1.49 bits per heavy atom. The van der Waals surface area contributed by atoms with Gasteiger partial charge in [-0.15, -0.1) is 0 Å². The standard InChI is InChI=1S/C51H73N11O15/c1-25(2)19-36(57-44(69)34(52)22-32-23-53-24-54-32)46(71)55-27(5)43(68)61-41(28(6)63)50(75)59-38(21-31-13-15-33(65)16-14-31)48(73)62-42(29(7)64)49(74)56-35(17-18-39(66)67)45(70)58-37(20-30-11-9-8-10-12-30)47(72)60-40(26(3)4)51(76)77/h8-16,23-29,34-38,40-42,63-65H,17-22,52H2,1-7H3,(H,53,54)(H,55,71)(H,56,74)(H,57,69)(H,58,70)(H,59,75)(H,60,72)(H,61,68)(H,62,73)(H,66,67)(H,76,77)/t27-,28+,29+,34-,35-,36-,37-,38-,40-,41-,42-/m0/s1. The van der Waals surface area contributed by atoms with Crippen molar-refractivity contribution in [2.75, 3.05) is 0 Å². The predicted octanol–water partition coefficient (Wildman–Crippen LogP) is -2.22. The number of aromatic amines is 1. The van der Waals surface area contributed by atoms with E-state index in [1.54, 1.807) is 58.0 Å². The lowest BCUT2D eigenvalue weighted by atomic mass is 10.0. The number of aromatic hydroxyl groups is 1. The van der Waals surface area contributed by atoms with Gasteiger partial charge in [0, 0.05) is 37.6 Å². The number of nitrogens with two attached hydrogens (primary N) is 1. The number of carbonyl (C=O) groups excluding carboxylic acids is 8. The lowest BCUT2D eigenvalue weighted by Gasteiger charge is -2.29. The van der Waals surface area contributed by atoms with E-state index in [0.717, 1.165) is 13.8 Å². The number of aliphatic hydroxyl groups excluding tert-OH is 2. The van der Waals surface area contributed by atoms with Crippen molar-refractivity contribution in [1.82, 2.24) is 52.5 Å². The van der Waals surface area contributed by atoms with Crippen LogP contribution in [0.5, 0.6) is 5.75 Å². The molecule has 0 aliphatic carbocycles. The Kier molecular flexibility index (Phi) is 25.1. The normalized spacial score (nSPS) is 15.5. The molecular weight excluding hydrogens is 1010 g/mol. The van der Waals surface area contributed by atoms with Gasteiger partial charge in [0.2, 0.25) is 47.3 Å². The maximum atomic E-state index is 14.2. The molecule has 8 amide bonds. The minimum atomic E-state index is -1.92. The van der Waals surface area contributed by atoms with Gasteiger partial charge in [0.25, 0.3) is 0 Å². The maximum absolute atomic E-state index is 14.2. The number of nitrogens with one attached hydrogen (secondary N) is 9. The molecule has 0 bridgehead atoms. The van der Waals surface area contributed by atoms with Crippen molar-refractivity contribution in [2.24, 2.45) is 17.6 Å². The zero-order chi connectivity index (χ0) is 57.7. The molecular formula is C51H73N11O15. The third kappa shape index (κ3) is 21.3. The number of carboxylic acids is 2. The van der Waals surface area contributed by atoms with Crippen LogP contribution in [-0.4, -0.2) is 161 Å². The van der Waals surface area contributed by atoms with Crippen LogP contribution < -0.4 is 48.3 Å². The lowest BCUT2D eigenvalue weighted by molar-refractivity contribution is -0.143. The molecule has 1 heterocycles. The third-order valence-electron chi connectivity index (χ3n) is 12.0. The van der Waals surface area contributed by atoms with Crippen LogP contribution in [0.25, 0.3) is 0 Å². The molecule has 3 aromatic rings. The van der Waals surface area contributed by atoms with Crippen LogP contribution in [0.1, 0.15) is 84.5 Å². The molecule has 0 saturated carbocycles. The first kappa shape index (κ1) is 63.3. The second kappa shape index (κ2) is 30.5. The Labute approximate surface area is 444 Å². The summed E-state index contributed by atoms with van der Waals surface area (Å²) < 4.78 is 0. The third-order valence-corrected chi connectivity index (χ3v) is 12.0. The smallest absolute Gasteiger partial charge is 0.326 e. The minimum absolute atomic E-state index is 0.0912. The quantitative estimate of drug-likeness (QED) is 0.0325. The van der Waals surface area contributed by atoms with Crippen molar-refractivity contribution in [2.45, 2.75) is 154 Å². The monoisotopic (exact) mass is 1080 g/mol. The molecule has 422 valence electrons. The summed E-state index contributed by atoms with van der Waals surface area (Å²) in [6.07, 6.45) is -2.00. The van der Waals surface area contributed by atoms with Gasteiger partial charge in [-0.3, -0.25) is 43.2 Å². The first-order chi connectivity index (χ1) is 36.2. The number of benzene rings is 2. The van der Waals surface area contributed by atoms with E-state index in [1.165, 1.54) is 43.7 Å². The largest absolute Gasteiger partial charge is 0.508 e. The average molecular weight is 1080 g/mol. The van der Waals surface area contributed by atoms with Gasteiger partial charge >= 0.3 is 11.9 Å². The van der Waals surface area contributed by atoms with Crippen LogP contribution in [0, 0.1) is 11.8 Å². The number of aliphatic carboxylic acids is 2. The zero-order valence-corrected chi connectivity index (χ0v) is 43.9. The second-order valence-corrected chi connectivity index (χ2v) is 19.5. The van der Waals surface area contributed by atoms with Crippen LogP contribution in [0.3, 0.4) is 0 Å². The summed E-state index contributed by atoms with van der Waals surface area (Å²) in [6, 6.07) is 0.205. The molecule has 26 nitrogen and oxygen atoms in total. The topological polar surface area (TPSA) is 423 Å². The van der Waals surface area contributed by atoms with E-state index >= 15 is 0 Å². The summed E-state index contributed by atoms with van der Waals surface area (Å²) in [5.41, 5.74) is 7.54. The molecule has 1 aromatic heterocycles. The number of hydrogen-bond donors (Lipinski definition) is 15. The van der Waals surface area contributed by atoms with Gasteiger partial charge < -0.3 is 78.8 Å². The highest BCUT2D eigenvalue weighted by molar-refractivity contribution is 5.98. The molecule has 0 unspecified atom stereocenters. The molecule has 11 atom stereocenters. The van der Waals surface area contributed by atoms with Crippen molar-refractivity contribution in [3.63, 3.8) is 0 Å². The van der Waals surface area contributed by atoms with E-state index in [9.17, 15) is 73.5 Å². The highest BCUT2D eigenvalue weighted by Crippen LogP contribution is 2.14. The summed E-state index contributed by atoms with van der Waals surface area (Å²) in [5, 5.41) is 70.3. The number of phenols is 1. The van der Waals surface area contributed by atoms with Crippen molar-refractivity contribution in [3.8, 4) is 5.75 Å². The second-order valence-electron chi connectivity index (χ2n) is 19.5. The van der Waals surface area contributed by atoms with Crippen LogP contribution in [0.15, 0.2) is 67.1 Å². The van der Waals surface area contributed by atoms with Gasteiger partial charge in [-0.1, -0.05) is 70.2 Å². The number of phenolic OH excluding ortho intramolecular Hbond substituents is 1. The van der Waals surface area contributed by atoms with Crippen LogP contribution in [-0.2, 0) is 67.2 Å². The van der Waals surface area contributed by atoms with E-state index in [2.05, 4.69) is 52.5 Å². The minimum Gasteiger partial charge on any atom is -0.508 e. The first-order valence-electron chi connectivity index (χ1n) is 25.0. The van der Waals surface area contributed by atoms with Crippen LogP contribution in [0.2, 0.25) is 0 Å². The molecule has 0 fully saturated rings. The van der Waals surface area contributed by atoms with E-state index in [1.807, 2.05) is 0 Å². The van der Waals surface area contributed by atoms with Gasteiger partial charge in [0.05, 0.1) is 24.6 Å². The molecule has 0 spiro atoms. The van der Waals surface area contributed by atoms with Crippen molar-refractivity contribution < 1.29 is 73.5 Å². The highest BCUT2D eigenvalue weighted by atomic mass is 16.4. The molecule has 0 radical (unpaired) electrons. The van der Waals surface area contributed by atoms with Crippen molar-refractivity contribution >= 4 is 59.2 Å². The molecule has 16 N–H and O–H groups in total. The number of aromatic nitrogens is 2. The fraction of sp³-hybridized carbons (Fsp3) is 0.510. The SMILES string of the molecule is CC(C)C[C@H](NC(=O)[C@@H](N)Cc1cnc[nH]1)C(=O)N[C@@H](C)C(=O)N[C@H](C(=O)N[C@@H](Cc1ccc(O)cc1)C(=O)N[C@H](C(=O)N[C@@H](CCC(=O)O)C(=O)N[C@@H](Cc1ccccc1)C(=O)N[C@H](C(=O)O)C(C)C)[C@@H](C)O)[C@@H](C)O. The van der Waals surface area contributed by atoms with Crippen LogP contribution >= 0.6 is 0 Å². The van der Waals surface area contributed by atoms with Gasteiger partial charge in [-0.25, -0.2) is 9.78 Å². The van der Waals surface area contributed by atoms with Gasteiger partial charge in [-0.05, 0) is 68.7 Å². The Balaban J connectivity index is 1.85. The molecule has 0 saturated heterocycles. The fourth-order valence-electron chi connectivity index (χ4n) is 7.67. The number of nitrogens with zero attached hydrogens (tertiary/aromatic N) is 1. The van der Waals surface area contributed by atoms with Gasteiger partial charge in [0.1, 0.15) is 54.1 Å². The maximum Gasteiger partial charge on any atom is 0.326 e. The Morgan fingerprint density at radius 1 is 0.545 bits per heavy atom. The van der Waals surface area contributed by atoms with E-state index in [4.69, 9.17) is 5.73 Å². The first-order valence-corrected chi connectivity index (χ1v) is 25.0. The molecule has 3 rings (SSSR count). The van der Waals surface area contributed by atoms with Crippen LogP contribution in [0.4, 0.5) is 0 Å². The number of hydrogen-bond acceptors (Lipinski definition) is 15. The van der Waals surface area contributed by atoms with E-state index < -0.39 is 145 Å². The lowest BCUT2D eigenvalue weighted by Crippen LogP contribution is -2.63. The molecule has 77 heavy (non-hydrogen) atoms. The van der Waals surface area contributed by atoms with Crippen molar-refractivity contribution in [1.29, 1.82) is 0 Å².